The average Bonchev–Trinajstić information content (AvgIpc) is 3.40. The zero-order valence-corrected chi connectivity index (χ0v) is 18.5. The van der Waals surface area contributed by atoms with Gasteiger partial charge < -0.3 is 5.11 Å². The van der Waals surface area contributed by atoms with E-state index in [0.29, 0.717) is 11.5 Å². The van der Waals surface area contributed by atoms with Crippen molar-refractivity contribution >= 4 is 38.9 Å². The fraction of sp³-hybridized carbons (Fsp3) is 0.138. The molecule has 1 aromatic heterocycles. The molecule has 158 valence electrons. The first-order valence-electron chi connectivity index (χ1n) is 11.0. The molecule has 0 amide bonds. The van der Waals surface area contributed by atoms with Crippen molar-refractivity contribution in [1.82, 2.24) is 0 Å². The number of carboxylic acid groups (broad SMARTS) is 1. The summed E-state index contributed by atoms with van der Waals surface area (Å²) >= 11 is 1.39. The molecule has 0 radical (unpaired) electrons. The lowest BCUT2D eigenvalue weighted by Gasteiger charge is -2.28. The Hall–Kier alpha value is -3.43. The lowest BCUT2D eigenvalue weighted by Crippen LogP contribution is -2.11. The van der Waals surface area contributed by atoms with E-state index in [2.05, 4.69) is 78.9 Å². The van der Waals surface area contributed by atoms with Crippen molar-refractivity contribution in [2.24, 2.45) is 0 Å². The van der Waals surface area contributed by atoms with Crippen molar-refractivity contribution in [3.05, 3.63) is 118 Å². The van der Waals surface area contributed by atoms with E-state index in [1.807, 2.05) is 0 Å². The maximum absolute atomic E-state index is 10.1. The van der Waals surface area contributed by atoms with Crippen molar-refractivity contribution in [3.8, 4) is 0 Å². The summed E-state index contributed by atoms with van der Waals surface area (Å²) in [6.45, 7) is 0. The lowest BCUT2D eigenvalue weighted by atomic mass is 9.76. The molecule has 0 fully saturated rings. The topological polar surface area (TPSA) is 37.3 Å². The molecule has 6 rings (SSSR count). The van der Waals surface area contributed by atoms with Crippen LogP contribution in [-0.4, -0.2) is 11.1 Å². The third kappa shape index (κ3) is 3.92. The van der Waals surface area contributed by atoms with Gasteiger partial charge in [0.05, 0.1) is 5.56 Å². The standard InChI is InChI=1S/C24H20.C5H4O2S/c1-2-7-17(8-3-1)21-12-6-10-19-14-15-22-20-11-5-4-9-18(20)13-16-23(22)24(19)21;6-5(7)4-1-2-8-3-4/h1-5,7-9,11,13-16,21H,6,10,12H2;1-3H,(H,6,7). The van der Waals surface area contributed by atoms with Crippen molar-refractivity contribution in [2.75, 3.05) is 0 Å². The Kier molecular flexibility index (Phi) is 5.74. The molecule has 1 N–H and O–H groups in total. The van der Waals surface area contributed by atoms with Crippen LogP contribution in [0.4, 0.5) is 0 Å². The van der Waals surface area contributed by atoms with Gasteiger partial charge in [0.1, 0.15) is 0 Å². The fourth-order valence-corrected chi connectivity index (χ4v) is 5.46. The molecule has 2 nitrogen and oxygen atoms in total. The number of rotatable bonds is 2. The van der Waals surface area contributed by atoms with Gasteiger partial charge in [-0.2, -0.15) is 11.3 Å². The molecule has 32 heavy (non-hydrogen) atoms. The van der Waals surface area contributed by atoms with E-state index in [0.717, 1.165) is 0 Å². The van der Waals surface area contributed by atoms with Crippen LogP contribution in [-0.2, 0) is 6.42 Å². The van der Waals surface area contributed by atoms with Crippen LogP contribution >= 0.6 is 11.3 Å². The molecule has 1 aliphatic rings. The molecular weight excluding hydrogens is 412 g/mol. The monoisotopic (exact) mass is 436 g/mol. The van der Waals surface area contributed by atoms with Crippen LogP contribution in [0.2, 0.25) is 0 Å². The van der Waals surface area contributed by atoms with Gasteiger partial charge in [-0.1, -0.05) is 78.9 Å². The summed E-state index contributed by atoms with van der Waals surface area (Å²) in [5, 5.41) is 17.2. The van der Waals surface area contributed by atoms with Crippen molar-refractivity contribution in [2.45, 2.75) is 25.2 Å². The van der Waals surface area contributed by atoms with Gasteiger partial charge in [0.25, 0.3) is 0 Å². The van der Waals surface area contributed by atoms with Crippen molar-refractivity contribution in [3.63, 3.8) is 0 Å². The minimum atomic E-state index is -0.855. The molecule has 0 spiro atoms. The third-order valence-electron chi connectivity index (χ3n) is 6.32. The van der Waals surface area contributed by atoms with E-state index in [4.69, 9.17) is 5.11 Å². The van der Waals surface area contributed by atoms with Gasteiger partial charge in [-0.25, -0.2) is 4.79 Å². The largest absolute Gasteiger partial charge is 0.478 e. The zero-order chi connectivity index (χ0) is 21.9. The molecule has 3 heteroatoms. The maximum atomic E-state index is 10.1. The van der Waals surface area contributed by atoms with Gasteiger partial charge in [0, 0.05) is 11.3 Å². The smallest absolute Gasteiger partial charge is 0.336 e. The SMILES string of the molecule is O=C(O)c1ccsc1.c1ccc(C2CCCc3ccc4c(ccc5ccccc54)c32)cc1. The highest BCUT2D eigenvalue weighted by Gasteiger charge is 2.24. The Bertz CT molecular complexity index is 1370. The number of aryl methyl sites for hydroxylation is 1. The minimum Gasteiger partial charge on any atom is -0.478 e. The first kappa shape index (κ1) is 20.5. The molecule has 1 atom stereocenters. The second-order valence-corrected chi connectivity index (χ2v) is 8.97. The molecule has 1 unspecified atom stereocenters. The summed E-state index contributed by atoms with van der Waals surface area (Å²) in [5.74, 6) is -0.328. The minimum absolute atomic E-state index is 0.370. The average molecular weight is 437 g/mol. The number of hydrogen-bond acceptors (Lipinski definition) is 2. The summed E-state index contributed by atoms with van der Waals surface area (Å²) in [6.07, 6.45) is 3.75. The van der Waals surface area contributed by atoms with Gasteiger partial charge in [0.2, 0.25) is 0 Å². The number of aromatic carboxylic acids is 1. The van der Waals surface area contributed by atoms with E-state index in [1.54, 1.807) is 22.4 Å². The van der Waals surface area contributed by atoms with E-state index in [1.165, 1.54) is 63.3 Å². The fourth-order valence-electron chi connectivity index (χ4n) is 4.83. The second-order valence-electron chi connectivity index (χ2n) is 8.19. The maximum Gasteiger partial charge on any atom is 0.336 e. The predicted molar refractivity (Wildman–Crippen MR) is 134 cm³/mol. The molecule has 0 aliphatic heterocycles. The molecule has 1 heterocycles. The first-order valence-corrected chi connectivity index (χ1v) is 11.9. The van der Waals surface area contributed by atoms with Crippen LogP contribution in [0.1, 0.15) is 45.8 Å². The molecule has 5 aromatic rings. The number of carboxylic acids is 1. The molecule has 4 aromatic carbocycles. The normalized spacial score (nSPS) is 15.1. The lowest BCUT2D eigenvalue weighted by molar-refractivity contribution is 0.0697. The van der Waals surface area contributed by atoms with Crippen molar-refractivity contribution in [1.29, 1.82) is 0 Å². The molecular formula is C29H24O2S. The highest BCUT2D eigenvalue weighted by molar-refractivity contribution is 7.08. The van der Waals surface area contributed by atoms with Gasteiger partial charge in [-0.15, -0.1) is 0 Å². The molecule has 0 saturated carbocycles. The molecule has 0 saturated heterocycles. The van der Waals surface area contributed by atoms with Gasteiger partial charge in [-0.3, -0.25) is 0 Å². The van der Waals surface area contributed by atoms with Crippen LogP contribution in [0.15, 0.2) is 95.7 Å². The Morgan fingerprint density at radius 2 is 1.59 bits per heavy atom. The quantitative estimate of drug-likeness (QED) is 0.286. The number of thiophene rings is 1. The number of fused-ring (bicyclic) bond motifs is 5. The summed E-state index contributed by atoms with van der Waals surface area (Å²) in [5.41, 5.74) is 4.93. The number of carbonyl (C=O) groups is 1. The van der Waals surface area contributed by atoms with Gasteiger partial charge in [-0.05, 0) is 68.9 Å². The summed E-state index contributed by atoms with van der Waals surface area (Å²) in [6, 6.07) is 30.7. The highest BCUT2D eigenvalue weighted by atomic mass is 32.1. The Morgan fingerprint density at radius 1 is 0.812 bits per heavy atom. The Morgan fingerprint density at radius 3 is 2.34 bits per heavy atom. The van der Waals surface area contributed by atoms with E-state index in [-0.39, 0.29) is 0 Å². The first-order chi connectivity index (χ1) is 15.7. The summed E-state index contributed by atoms with van der Waals surface area (Å²) in [7, 11) is 0. The van der Waals surface area contributed by atoms with Gasteiger partial charge in [0.15, 0.2) is 0 Å². The highest BCUT2D eigenvalue weighted by Crippen LogP contribution is 2.42. The summed E-state index contributed by atoms with van der Waals surface area (Å²) in [4.78, 5) is 10.1. The van der Waals surface area contributed by atoms with Crippen molar-refractivity contribution < 1.29 is 9.90 Å². The molecule has 1 aliphatic carbocycles. The van der Waals surface area contributed by atoms with Crippen LogP contribution in [0, 0.1) is 0 Å². The summed E-state index contributed by atoms with van der Waals surface area (Å²) < 4.78 is 0. The molecule has 0 bridgehead atoms. The van der Waals surface area contributed by atoms with E-state index in [9.17, 15) is 4.79 Å². The zero-order valence-electron chi connectivity index (χ0n) is 17.7. The Balaban J connectivity index is 0.000000230. The van der Waals surface area contributed by atoms with Crippen LogP contribution < -0.4 is 0 Å². The van der Waals surface area contributed by atoms with E-state index >= 15 is 0 Å². The van der Waals surface area contributed by atoms with Crippen LogP contribution in [0.25, 0.3) is 21.5 Å². The van der Waals surface area contributed by atoms with Crippen LogP contribution in [0.3, 0.4) is 0 Å². The van der Waals surface area contributed by atoms with Crippen LogP contribution in [0.5, 0.6) is 0 Å². The Labute approximate surface area is 191 Å². The van der Waals surface area contributed by atoms with E-state index < -0.39 is 5.97 Å². The predicted octanol–water partition coefficient (Wildman–Crippen LogP) is 7.91. The number of hydrogen-bond donors (Lipinski definition) is 1. The second kappa shape index (κ2) is 8.97. The third-order valence-corrected chi connectivity index (χ3v) is 7.00. The van der Waals surface area contributed by atoms with Gasteiger partial charge >= 0.3 is 5.97 Å². The number of benzene rings is 4.